The average molecular weight is 996 g/mol. The van der Waals surface area contributed by atoms with Crippen LogP contribution in [0.4, 0.5) is 0 Å². The third kappa shape index (κ3) is 21.2. The first-order valence-corrected chi connectivity index (χ1v) is 25.0. The predicted octanol–water partition coefficient (Wildman–Crippen LogP) is -2.97. The third-order valence-corrected chi connectivity index (χ3v) is 13.1. The summed E-state index contributed by atoms with van der Waals surface area (Å²) in [6.07, 6.45) is -1.20. The highest BCUT2D eigenvalue weighted by Crippen LogP contribution is 2.24. The molecule has 1 aliphatic rings. The van der Waals surface area contributed by atoms with Crippen molar-refractivity contribution in [3.63, 3.8) is 0 Å². The Morgan fingerprint density at radius 2 is 1.47 bits per heavy atom. The van der Waals surface area contributed by atoms with Gasteiger partial charge in [-0.05, 0) is 69.7 Å². The molecule has 4 unspecified atom stereocenters. The smallest absolute Gasteiger partial charge is 0.245 e. The second kappa shape index (κ2) is 30.8. The monoisotopic (exact) mass is 995 g/mol. The van der Waals surface area contributed by atoms with E-state index in [1.54, 1.807) is 38.1 Å². The summed E-state index contributed by atoms with van der Waals surface area (Å²) < 4.78 is 5.52. The van der Waals surface area contributed by atoms with Gasteiger partial charge in [0, 0.05) is 30.8 Å². The van der Waals surface area contributed by atoms with E-state index in [0.717, 1.165) is 21.6 Å². The molecule has 25 heteroatoms. The maximum atomic E-state index is 14.0. The Morgan fingerprint density at radius 3 is 2.07 bits per heavy atom. The molecule has 0 spiro atoms. The molecule has 16 N–H and O–H groups in total. The number of aliphatic hydroxyl groups is 1. The van der Waals surface area contributed by atoms with E-state index >= 15 is 0 Å². The fraction of sp³-hybridized carbons (Fsp3) is 0.628. The van der Waals surface area contributed by atoms with E-state index in [1.165, 1.54) is 6.92 Å². The van der Waals surface area contributed by atoms with E-state index < -0.39 is 120 Å². The molecule has 0 radical (unpaired) electrons. The van der Waals surface area contributed by atoms with Crippen molar-refractivity contribution in [3.05, 3.63) is 29.8 Å². The Labute approximate surface area is 403 Å². The molecular formula is C43H69N11O12S2. The lowest BCUT2D eigenvalue weighted by Gasteiger charge is -2.30. The molecule has 1 heterocycles. The quantitative estimate of drug-likeness (QED) is 0.0408. The van der Waals surface area contributed by atoms with Crippen LogP contribution in [-0.4, -0.2) is 144 Å². The molecule has 9 atom stereocenters. The number of benzene rings is 1. The van der Waals surface area contributed by atoms with E-state index in [2.05, 4.69) is 37.2 Å². The van der Waals surface area contributed by atoms with Gasteiger partial charge in [0.2, 0.25) is 53.2 Å². The number of hydrogen-bond donors (Lipinski definition) is 12. The van der Waals surface area contributed by atoms with Crippen molar-refractivity contribution in [2.24, 2.45) is 28.9 Å². The minimum atomic E-state index is -1.77. The summed E-state index contributed by atoms with van der Waals surface area (Å²) in [5.41, 5.74) is 23.0. The highest BCUT2D eigenvalue weighted by molar-refractivity contribution is 8.76. The Morgan fingerprint density at radius 1 is 0.824 bits per heavy atom. The van der Waals surface area contributed by atoms with Crippen LogP contribution in [-0.2, 0) is 54.4 Å². The highest BCUT2D eigenvalue weighted by Gasteiger charge is 2.37. The van der Waals surface area contributed by atoms with Crippen LogP contribution in [0.15, 0.2) is 24.3 Å². The van der Waals surface area contributed by atoms with Crippen LogP contribution in [0.3, 0.4) is 0 Å². The summed E-state index contributed by atoms with van der Waals surface area (Å²) in [5.74, 6) is -8.48. The molecule has 1 aromatic rings. The van der Waals surface area contributed by atoms with Gasteiger partial charge in [0.05, 0.1) is 31.7 Å². The number of nitrogens with two attached hydrogens (primary N) is 4. The molecule has 380 valence electrons. The van der Waals surface area contributed by atoms with Gasteiger partial charge in [0.1, 0.15) is 47.8 Å². The number of ketones is 1. The van der Waals surface area contributed by atoms with Gasteiger partial charge < -0.3 is 70.0 Å². The Balaban J connectivity index is 2.56. The van der Waals surface area contributed by atoms with Crippen molar-refractivity contribution in [3.8, 4) is 5.75 Å². The molecule has 68 heavy (non-hydrogen) atoms. The standard InChI is InChI=1S/C43H69N11O12S2/c1-5-23(3)36-42(64)54-37(24(4)55)43(65)51-30(20-33(46)57)39(61)52-31(41(63)50-28(38(60)48-21-34(47)58)15-14-27(45)32(56)9-7-8-17-44)22-68-67-18-16-35(59)49-29(40(62)53-36)19-25-10-12-26(13-11-25)66-6-2/h10-13,23-24,27-31,36-37,55H,5-9,14-22,44-45H2,1-4H3,(H2,46,57)(H2,47,58)(H,48,60)(H,49,59)(H,50,63)(H,51,65)(H,52,61)(H,53,62)(H,54,64)/t23-,24+,27?,28-,29?,30-,31?,36?,37-/m0/s1. The number of unbranched alkanes of at least 4 members (excludes halogenated alkanes) is 1. The van der Waals surface area contributed by atoms with Gasteiger partial charge in [-0.25, -0.2) is 0 Å². The minimum Gasteiger partial charge on any atom is -0.494 e. The molecule has 1 saturated heterocycles. The Hall–Kier alpha value is -5.50. The van der Waals surface area contributed by atoms with Gasteiger partial charge in [-0.1, -0.05) is 54.0 Å². The van der Waals surface area contributed by atoms with Crippen LogP contribution in [0.5, 0.6) is 5.75 Å². The van der Waals surface area contributed by atoms with Gasteiger partial charge in [-0.2, -0.15) is 0 Å². The lowest BCUT2D eigenvalue weighted by molar-refractivity contribution is -0.138. The van der Waals surface area contributed by atoms with Crippen molar-refractivity contribution < 1.29 is 57.8 Å². The van der Waals surface area contributed by atoms with Gasteiger partial charge in [-0.3, -0.25) is 47.9 Å². The molecule has 0 bridgehead atoms. The Bertz CT molecular complexity index is 1890. The minimum absolute atomic E-state index is 0.00967. The number of Topliss-reactive ketones (excluding diaryl/α,β-unsaturated/α-hetero) is 1. The lowest BCUT2D eigenvalue weighted by Crippen LogP contribution is -2.63. The number of amides is 9. The first-order valence-electron chi connectivity index (χ1n) is 22.5. The van der Waals surface area contributed by atoms with Crippen LogP contribution < -0.4 is 64.9 Å². The van der Waals surface area contributed by atoms with E-state index in [0.29, 0.717) is 43.7 Å². The Kier molecular flexibility index (Phi) is 26.5. The van der Waals surface area contributed by atoms with Gasteiger partial charge in [-0.15, -0.1) is 0 Å². The number of carbonyl (C=O) groups is 10. The zero-order valence-corrected chi connectivity index (χ0v) is 40.6. The highest BCUT2D eigenvalue weighted by atomic mass is 33.1. The van der Waals surface area contributed by atoms with Crippen LogP contribution >= 0.6 is 21.6 Å². The number of primary amides is 2. The van der Waals surface area contributed by atoms with Gasteiger partial charge in [0.25, 0.3) is 0 Å². The molecule has 0 aliphatic carbocycles. The summed E-state index contributed by atoms with van der Waals surface area (Å²) in [7, 11) is 2.15. The molecular weight excluding hydrogens is 927 g/mol. The molecule has 0 saturated carbocycles. The van der Waals surface area contributed by atoms with E-state index in [4.69, 9.17) is 27.7 Å². The normalized spacial score (nSPS) is 22.0. The van der Waals surface area contributed by atoms with Crippen LogP contribution in [0.2, 0.25) is 0 Å². The van der Waals surface area contributed by atoms with Crippen LogP contribution in [0.1, 0.15) is 84.6 Å². The maximum Gasteiger partial charge on any atom is 0.245 e. The number of hydrogen-bond acceptors (Lipinski definition) is 16. The van der Waals surface area contributed by atoms with Crippen molar-refractivity contribution in [2.45, 2.75) is 134 Å². The second-order valence-electron chi connectivity index (χ2n) is 16.3. The summed E-state index contributed by atoms with van der Waals surface area (Å²) in [6.45, 7) is 6.66. The first-order chi connectivity index (χ1) is 32.2. The maximum absolute atomic E-state index is 14.0. The topological polar surface area (TPSA) is 388 Å². The van der Waals surface area contributed by atoms with Crippen LogP contribution in [0.25, 0.3) is 0 Å². The zero-order chi connectivity index (χ0) is 50.9. The zero-order valence-electron chi connectivity index (χ0n) is 39.0. The average Bonchev–Trinajstić information content (AvgIpc) is 3.28. The number of rotatable bonds is 22. The molecule has 9 amide bonds. The van der Waals surface area contributed by atoms with Gasteiger partial charge >= 0.3 is 0 Å². The largest absolute Gasteiger partial charge is 0.494 e. The van der Waals surface area contributed by atoms with E-state index in [1.807, 2.05) is 6.92 Å². The van der Waals surface area contributed by atoms with Gasteiger partial charge in [0.15, 0.2) is 0 Å². The predicted molar refractivity (Wildman–Crippen MR) is 255 cm³/mol. The summed E-state index contributed by atoms with van der Waals surface area (Å²) in [6, 6.07) is -3.07. The molecule has 2 rings (SSSR count). The SMILES string of the molecule is CCOc1ccc(CC2NC(=O)CCSSCC(C(=O)N[C@@H](CCC(N)C(=O)CCCCN)C(=O)NCC(N)=O)NC(=O)[C@H](CC(N)=O)NC(=O)[C@H]([C@@H](C)O)NC(=O)C([C@@H](C)CC)NC2=O)cc1. The molecule has 23 nitrogen and oxygen atoms in total. The summed E-state index contributed by atoms with van der Waals surface area (Å²) in [5, 5.41) is 28.2. The van der Waals surface area contributed by atoms with Crippen molar-refractivity contribution in [1.82, 2.24) is 37.2 Å². The molecule has 1 aliphatic heterocycles. The van der Waals surface area contributed by atoms with Crippen molar-refractivity contribution in [1.29, 1.82) is 0 Å². The molecule has 1 aromatic carbocycles. The van der Waals surface area contributed by atoms with E-state index in [-0.39, 0.29) is 49.4 Å². The first kappa shape index (κ1) is 58.6. The number of nitrogens with one attached hydrogen (secondary N) is 7. The van der Waals surface area contributed by atoms with Crippen molar-refractivity contribution >= 4 is 80.5 Å². The fourth-order valence-corrected chi connectivity index (χ4v) is 8.77. The summed E-state index contributed by atoms with van der Waals surface area (Å²) >= 11 is 0. The van der Waals surface area contributed by atoms with E-state index in [9.17, 15) is 53.1 Å². The number of aliphatic hydroxyl groups excluding tert-OH is 1. The lowest BCUT2D eigenvalue weighted by atomic mass is 9.96. The van der Waals surface area contributed by atoms with Crippen molar-refractivity contribution in [2.75, 3.05) is 31.2 Å². The molecule has 1 fully saturated rings. The van der Waals surface area contributed by atoms with Crippen LogP contribution in [0, 0.1) is 5.92 Å². The fourth-order valence-electron chi connectivity index (χ4n) is 6.62. The summed E-state index contributed by atoms with van der Waals surface area (Å²) in [4.78, 5) is 133. The molecule has 0 aromatic heterocycles. The number of carbonyl (C=O) groups excluding carboxylic acids is 10. The third-order valence-electron chi connectivity index (χ3n) is 10.7. The number of ether oxygens (including phenoxy) is 1. The second-order valence-corrected chi connectivity index (χ2v) is 18.9.